The topological polar surface area (TPSA) is 347 Å². The molecule has 0 unspecified atom stereocenters. The fraction of sp³-hybridized carbons (Fsp3) is 0.926. The molecular weight excluding hydrogens is 1030 g/mol. The molecule has 5 heterocycles. The summed E-state index contributed by atoms with van der Waals surface area (Å²) in [6.45, 7) is 12.4. The summed E-state index contributed by atoms with van der Waals surface area (Å²) in [5.41, 5.74) is -7.01. The van der Waals surface area contributed by atoms with Gasteiger partial charge >= 0.3 is 5.97 Å². The van der Waals surface area contributed by atoms with Crippen LogP contribution >= 0.6 is 0 Å². The SMILES string of the molecule is CO[C@@H]1C[C@H](O[C@H]2[C@@H](O)C[C@H](O[C@H]3[C@@H](O)C[C@H](O[C@H]4[C@@H](O)C[C@H](O[C@H]5CC[C@@]6(C)C(=CC[C@]7(O)[C@@H]6C[C@@H](OC(C)=O)[C@@]6(C)[C@]7(O)CC[C@@]6(O)C(C)=O)C5)O[C@@H]4C)O[C@@H]3C)O[C@@H]2C)O[C@H](C)[C@H]1O[C@@H]1O[C@H](CO)[C@@H](O)[C@H](O)[C@H]1O. The van der Waals surface area contributed by atoms with E-state index in [1.165, 1.54) is 21.0 Å². The zero-order valence-electron chi connectivity index (χ0n) is 46.1. The fourth-order valence-corrected chi connectivity index (χ4v) is 15.2. The van der Waals surface area contributed by atoms with E-state index in [1.807, 2.05) is 13.0 Å². The van der Waals surface area contributed by atoms with Crippen LogP contribution in [0.25, 0.3) is 0 Å². The minimum absolute atomic E-state index is 0.0116. The van der Waals surface area contributed by atoms with Crippen LogP contribution in [0.1, 0.15) is 126 Å². The molecule has 24 heteroatoms. The molecule has 3 saturated carbocycles. The lowest BCUT2D eigenvalue weighted by molar-refractivity contribution is -0.357. The molecule has 4 aliphatic carbocycles. The third-order valence-electron chi connectivity index (χ3n) is 19.7. The van der Waals surface area contributed by atoms with Crippen LogP contribution in [0.3, 0.4) is 0 Å². The normalized spacial score (nSPS) is 53.6. The summed E-state index contributed by atoms with van der Waals surface area (Å²) in [6, 6.07) is 0. The summed E-state index contributed by atoms with van der Waals surface area (Å²) in [7, 11) is 1.46. The highest BCUT2D eigenvalue weighted by molar-refractivity contribution is 5.87. The summed E-state index contributed by atoms with van der Waals surface area (Å²) >= 11 is 0. The predicted octanol–water partition coefficient (Wildman–Crippen LogP) is -0.596. The van der Waals surface area contributed by atoms with Crippen molar-refractivity contribution in [3.63, 3.8) is 0 Å². The Morgan fingerprint density at radius 1 is 0.641 bits per heavy atom. The van der Waals surface area contributed by atoms with Gasteiger partial charge in [-0.15, -0.1) is 0 Å². The maximum Gasteiger partial charge on any atom is 0.302 e. The van der Waals surface area contributed by atoms with Crippen molar-refractivity contribution in [3.8, 4) is 0 Å². The number of Topliss-reactive ketones (excluding diaryl/α,β-unsaturated/α-hetero) is 1. The molecule has 5 aliphatic heterocycles. The Hall–Kier alpha value is -1.96. The predicted molar refractivity (Wildman–Crippen MR) is 264 cm³/mol. The van der Waals surface area contributed by atoms with Crippen LogP contribution < -0.4 is 0 Å². The summed E-state index contributed by atoms with van der Waals surface area (Å²) in [4.78, 5) is 25.5. The Morgan fingerprint density at radius 3 is 1.64 bits per heavy atom. The first kappa shape index (κ1) is 60.6. The second kappa shape index (κ2) is 22.9. The molecule has 0 radical (unpaired) electrons. The van der Waals surface area contributed by atoms with Crippen LogP contribution in [0.2, 0.25) is 0 Å². The molecule has 0 aromatic rings. The van der Waals surface area contributed by atoms with E-state index in [4.69, 9.17) is 56.8 Å². The average Bonchev–Trinajstić information content (AvgIpc) is 2.83. The third-order valence-corrected chi connectivity index (χ3v) is 19.7. The van der Waals surface area contributed by atoms with Crippen molar-refractivity contribution >= 4 is 11.8 Å². The fourth-order valence-electron chi connectivity index (χ4n) is 15.2. The Morgan fingerprint density at radius 2 is 1.15 bits per heavy atom. The van der Waals surface area contributed by atoms with Gasteiger partial charge in [0.1, 0.15) is 71.7 Å². The number of esters is 1. The molecule has 10 N–H and O–H groups in total. The quantitative estimate of drug-likeness (QED) is 0.0767. The van der Waals surface area contributed by atoms with Gasteiger partial charge in [0.15, 0.2) is 37.2 Å². The van der Waals surface area contributed by atoms with E-state index in [-0.39, 0.29) is 57.5 Å². The molecule has 0 amide bonds. The van der Waals surface area contributed by atoms with Crippen LogP contribution in [0.4, 0.5) is 0 Å². The van der Waals surface area contributed by atoms with E-state index < -0.39 is 187 Å². The molecular formula is C54H86O24. The number of carbonyl (C=O) groups excluding carboxylic acids is 2. The van der Waals surface area contributed by atoms with E-state index >= 15 is 0 Å². The Labute approximate surface area is 454 Å². The van der Waals surface area contributed by atoms with E-state index in [1.54, 1.807) is 34.6 Å². The van der Waals surface area contributed by atoms with Crippen LogP contribution in [-0.2, 0) is 66.4 Å². The van der Waals surface area contributed by atoms with Gasteiger partial charge in [-0.3, -0.25) is 9.59 Å². The number of fused-ring (bicyclic) bond motifs is 5. The van der Waals surface area contributed by atoms with E-state index in [0.29, 0.717) is 19.3 Å². The number of hydrogen-bond donors (Lipinski definition) is 10. The van der Waals surface area contributed by atoms with E-state index in [9.17, 15) is 60.7 Å². The van der Waals surface area contributed by atoms with Crippen LogP contribution in [-0.4, -0.2) is 235 Å². The van der Waals surface area contributed by atoms with E-state index in [2.05, 4.69) is 0 Å². The number of carbonyl (C=O) groups is 2. The summed E-state index contributed by atoms with van der Waals surface area (Å²) in [5.74, 6) is -1.75. The number of ketones is 1. The second-order valence-corrected chi connectivity index (χ2v) is 24.2. The molecule has 0 bridgehead atoms. The molecule has 8 fully saturated rings. The first-order chi connectivity index (χ1) is 36.6. The van der Waals surface area contributed by atoms with Crippen molar-refractivity contribution in [3.05, 3.63) is 11.6 Å². The molecule has 0 aromatic carbocycles. The van der Waals surface area contributed by atoms with E-state index in [0.717, 1.165) is 5.57 Å². The van der Waals surface area contributed by atoms with Crippen LogP contribution in [0.15, 0.2) is 11.6 Å². The molecule has 24 nitrogen and oxygen atoms in total. The lowest BCUT2D eigenvalue weighted by Gasteiger charge is -2.67. The van der Waals surface area contributed by atoms with Gasteiger partial charge in [-0.1, -0.05) is 18.6 Å². The van der Waals surface area contributed by atoms with Crippen molar-refractivity contribution in [2.45, 2.75) is 284 Å². The highest BCUT2D eigenvalue weighted by atomic mass is 16.8. The molecule has 29 atom stereocenters. The third kappa shape index (κ3) is 10.5. The van der Waals surface area contributed by atoms with Gasteiger partial charge in [0, 0.05) is 45.6 Å². The largest absolute Gasteiger partial charge is 0.462 e. The molecule has 446 valence electrons. The van der Waals surface area contributed by atoms with Crippen molar-refractivity contribution < 1.29 is 117 Å². The molecule has 9 rings (SSSR count). The van der Waals surface area contributed by atoms with Gasteiger partial charge in [-0.2, -0.15) is 0 Å². The van der Waals surface area contributed by atoms with Gasteiger partial charge in [-0.05, 0) is 91.9 Å². The smallest absolute Gasteiger partial charge is 0.302 e. The monoisotopic (exact) mass is 1120 g/mol. The highest BCUT2D eigenvalue weighted by Gasteiger charge is 2.81. The van der Waals surface area contributed by atoms with Gasteiger partial charge in [0.05, 0.1) is 67.0 Å². The molecule has 5 saturated heterocycles. The lowest BCUT2D eigenvalue weighted by atomic mass is 9.42. The maximum atomic E-state index is 13.0. The van der Waals surface area contributed by atoms with Gasteiger partial charge in [0.2, 0.25) is 0 Å². The summed E-state index contributed by atoms with van der Waals surface area (Å²) in [6.07, 6.45) is -18.6. The van der Waals surface area contributed by atoms with Crippen molar-refractivity contribution in [1.82, 2.24) is 0 Å². The molecule has 0 spiro atoms. The lowest BCUT2D eigenvalue weighted by Crippen LogP contribution is -2.78. The van der Waals surface area contributed by atoms with Gasteiger partial charge in [0.25, 0.3) is 0 Å². The minimum atomic E-state index is -2.02. The minimum Gasteiger partial charge on any atom is -0.462 e. The Kier molecular flexibility index (Phi) is 17.8. The number of hydrogen-bond acceptors (Lipinski definition) is 24. The molecule has 9 aliphatic rings. The number of aliphatic hydroxyl groups is 10. The van der Waals surface area contributed by atoms with Gasteiger partial charge < -0.3 is 108 Å². The number of rotatable bonds is 14. The molecule has 78 heavy (non-hydrogen) atoms. The number of methoxy groups -OCH3 is 1. The van der Waals surface area contributed by atoms with Crippen molar-refractivity contribution in [1.29, 1.82) is 0 Å². The first-order valence-electron chi connectivity index (χ1n) is 27.9. The first-order valence-corrected chi connectivity index (χ1v) is 27.9. The number of ether oxygens (including phenoxy) is 12. The average molecular weight is 1120 g/mol. The highest BCUT2D eigenvalue weighted by Crippen LogP contribution is 2.71. The summed E-state index contributed by atoms with van der Waals surface area (Å²) in [5, 5.41) is 112. The summed E-state index contributed by atoms with van der Waals surface area (Å²) < 4.78 is 73.2. The standard InChI is InChI=1S/C54H86O24/c1-23-45(31(58)17-38(68-23)73-30-11-12-50(7)29(16-30)10-13-53(65)36(50)21-37(72-28(6)57)51(8)52(64,27(5)56)14-15-54(51,53)66)75-39-18-32(59)46(24(2)69-39)76-40-19-33(60)47(25(3)70-40)77-41-20-34(67-9)48(26(4)71-41)78-49-44(63)43(62)42(61)35(22-55)74-49/h10,23-26,30-49,55,58-66H,11-22H2,1-9H3/t23-,24-,25-,26-,30+,31+,32+,33+,34-,35-,36-,37-,38+,39+,40+,41+,42-,43+,44-,45-,46-,47-,48-,49+,50+,51-,52-,53+,54-/m1/s1. The van der Waals surface area contributed by atoms with Crippen LogP contribution in [0.5, 0.6) is 0 Å². The van der Waals surface area contributed by atoms with Crippen molar-refractivity contribution in [2.24, 2.45) is 16.7 Å². The van der Waals surface area contributed by atoms with Gasteiger partial charge in [-0.25, -0.2) is 0 Å². The van der Waals surface area contributed by atoms with Crippen molar-refractivity contribution in [2.75, 3.05) is 13.7 Å². The zero-order chi connectivity index (χ0) is 56.8. The Bertz CT molecular complexity index is 2120. The second-order valence-electron chi connectivity index (χ2n) is 24.2. The Balaban J connectivity index is 0.740. The maximum absolute atomic E-state index is 13.0. The number of aliphatic hydroxyl groups excluding tert-OH is 7. The van der Waals surface area contributed by atoms with Crippen LogP contribution in [0, 0.1) is 16.7 Å². The zero-order valence-corrected chi connectivity index (χ0v) is 46.1. The molecule has 0 aromatic heterocycles.